The standard InChI is InChI=1S/C45H81NO7/c1-6-8-10-12-14-16-18-20-21-22-24-25-27-29-31-33-35-43(47)52-40-41(39-51-38-37-42(45(49)50)46(3,4)5)53-44(48)36-34-32-30-28-26-23-19-17-15-13-11-9-7-2/h8,10,14,16,20-21,41-42H,6-7,9,11-13,15,17-19,22-40H2,1-5H3/p+1/b10-8+,16-14+,21-20+. The summed E-state index contributed by atoms with van der Waals surface area (Å²) in [5.74, 6) is -1.48. The summed E-state index contributed by atoms with van der Waals surface area (Å²) in [6.07, 6.45) is 40.3. The summed E-state index contributed by atoms with van der Waals surface area (Å²) in [5, 5.41) is 9.61. The van der Waals surface area contributed by atoms with Crippen LogP contribution < -0.4 is 0 Å². The van der Waals surface area contributed by atoms with Crippen molar-refractivity contribution in [3.63, 3.8) is 0 Å². The Labute approximate surface area is 325 Å². The van der Waals surface area contributed by atoms with Gasteiger partial charge in [-0.25, -0.2) is 4.79 Å². The van der Waals surface area contributed by atoms with Gasteiger partial charge in [0.15, 0.2) is 12.1 Å². The van der Waals surface area contributed by atoms with Crippen molar-refractivity contribution in [1.82, 2.24) is 0 Å². The van der Waals surface area contributed by atoms with Gasteiger partial charge < -0.3 is 23.8 Å². The number of rotatable bonds is 38. The molecule has 0 fully saturated rings. The second kappa shape index (κ2) is 36.5. The predicted molar refractivity (Wildman–Crippen MR) is 220 cm³/mol. The number of carboxylic acid groups (broad SMARTS) is 1. The normalized spacial score (nSPS) is 13.3. The highest BCUT2D eigenvalue weighted by Gasteiger charge is 2.31. The minimum Gasteiger partial charge on any atom is -0.477 e. The molecule has 0 aromatic rings. The van der Waals surface area contributed by atoms with Crippen molar-refractivity contribution < 1.29 is 38.2 Å². The summed E-state index contributed by atoms with van der Waals surface area (Å²) in [5.41, 5.74) is 0. The Bertz CT molecular complexity index is 968. The minimum atomic E-state index is -0.877. The van der Waals surface area contributed by atoms with Gasteiger partial charge in [0.2, 0.25) is 0 Å². The molecule has 0 aliphatic heterocycles. The van der Waals surface area contributed by atoms with Gasteiger partial charge in [0.25, 0.3) is 0 Å². The van der Waals surface area contributed by atoms with E-state index in [1.165, 1.54) is 77.0 Å². The third kappa shape index (κ3) is 35.0. The molecule has 0 bridgehead atoms. The Morgan fingerprint density at radius 1 is 0.585 bits per heavy atom. The summed E-state index contributed by atoms with van der Waals surface area (Å²) in [6, 6.07) is -0.614. The lowest BCUT2D eigenvalue weighted by Gasteiger charge is -2.31. The van der Waals surface area contributed by atoms with E-state index < -0.39 is 18.1 Å². The van der Waals surface area contributed by atoms with Crippen LogP contribution in [0.3, 0.4) is 0 Å². The molecule has 0 saturated heterocycles. The third-order valence-corrected chi connectivity index (χ3v) is 9.55. The van der Waals surface area contributed by atoms with Crippen molar-refractivity contribution in [3.8, 4) is 0 Å². The molecule has 2 atom stereocenters. The molecule has 0 aliphatic rings. The second-order valence-corrected chi connectivity index (χ2v) is 15.6. The number of carbonyl (C=O) groups is 3. The van der Waals surface area contributed by atoms with E-state index in [1.807, 2.05) is 21.1 Å². The van der Waals surface area contributed by atoms with Crippen LogP contribution in [0.15, 0.2) is 36.5 Å². The molecule has 0 aromatic carbocycles. The Morgan fingerprint density at radius 3 is 1.57 bits per heavy atom. The summed E-state index contributed by atoms with van der Waals surface area (Å²) in [6.45, 7) is 4.61. The van der Waals surface area contributed by atoms with Gasteiger partial charge in [0.05, 0.1) is 34.4 Å². The molecular weight excluding hydrogens is 666 g/mol. The first-order chi connectivity index (χ1) is 25.6. The van der Waals surface area contributed by atoms with Crippen LogP contribution in [-0.2, 0) is 28.6 Å². The van der Waals surface area contributed by atoms with Crippen molar-refractivity contribution >= 4 is 17.9 Å². The lowest BCUT2D eigenvalue weighted by molar-refractivity contribution is -0.887. The van der Waals surface area contributed by atoms with Gasteiger partial charge in [-0.3, -0.25) is 9.59 Å². The molecule has 0 spiro atoms. The van der Waals surface area contributed by atoms with Crippen LogP contribution in [0.5, 0.6) is 0 Å². The van der Waals surface area contributed by atoms with Gasteiger partial charge in [0, 0.05) is 19.3 Å². The van der Waals surface area contributed by atoms with Crippen LogP contribution in [0, 0.1) is 0 Å². The van der Waals surface area contributed by atoms with Crippen LogP contribution in [-0.4, -0.2) is 80.6 Å². The molecule has 0 aliphatic carbocycles. The first-order valence-electron chi connectivity index (χ1n) is 21.5. The summed E-state index contributed by atoms with van der Waals surface area (Å²) in [4.78, 5) is 36.9. The number of hydrogen-bond acceptors (Lipinski definition) is 6. The molecule has 0 aromatic heterocycles. The molecule has 0 saturated carbocycles. The fourth-order valence-corrected chi connectivity index (χ4v) is 6.22. The molecule has 2 unspecified atom stereocenters. The lowest BCUT2D eigenvalue weighted by Crippen LogP contribution is -2.50. The maximum absolute atomic E-state index is 12.7. The minimum absolute atomic E-state index is 0.0555. The summed E-state index contributed by atoms with van der Waals surface area (Å²) >= 11 is 0. The lowest BCUT2D eigenvalue weighted by atomic mass is 10.0. The van der Waals surface area contributed by atoms with E-state index in [0.717, 1.165) is 70.6 Å². The molecule has 53 heavy (non-hydrogen) atoms. The highest BCUT2D eigenvalue weighted by Crippen LogP contribution is 2.15. The van der Waals surface area contributed by atoms with Crippen LogP contribution in [0.25, 0.3) is 0 Å². The van der Waals surface area contributed by atoms with Gasteiger partial charge in [-0.1, -0.05) is 153 Å². The topological polar surface area (TPSA) is 99.1 Å². The van der Waals surface area contributed by atoms with E-state index in [1.54, 1.807) is 0 Å². The van der Waals surface area contributed by atoms with E-state index >= 15 is 0 Å². The highest BCUT2D eigenvalue weighted by atomic mass is 16.6. The van der Waals surface area contributed by atoms with E-state index in [4.69, 9.17) is 14.2 Å². The number of carbonyl (C=O) groups excluding carboxylic acids is 2. The fourth-order valence-electron chi connectivity index (χ4n) is 6.22. The monoisotopic (exact) mass is 749 g/mol. The van der Waals surface area contributed by atoms with Crippen molar-refractivity contribution in [3.05, 3.63) is 36.5 Å². The van der Waals surface area contributed by atoms with Crippen molar-refractivity contribution in [2.45, 2.75) is 193 Å². The van der Waals surface area contributed by atoms with E-state index in [2.05, 4.69) is 50.3 Å². The van der Waals surface area contributed by atoms with Crippen molar-refractivity contribution in [2.75, 3.05) is 41.0 Å². The number of hydrogen-bond donors (Lipinski definition) is 1. The zero-order valence-electron chi connectivity index (χ0n) is 35.0. The SMILES string of the molecule is CC/C=C/C/C=C/C/C=C/CCCCCCCCC(=O)OCC(COCCC(C(=O)O)[N+](C)(C)C)OC(=O)CCCCCCCCCCCCCCC. The quantitative estimate of drug-likeness (QED) is 0.0290. The molecular formula is C45H82NO7+. The first-order valence-corrected chi connectivity index (χ1v) is 21.5. The maximum Gasteiger partial charge on any atom is 0.362 e. The van der Waals surface area contributed by atoms with E-state index in [0.29, 0.717) is 19.3 Å². The molecule has 8 heteroatoms. The molecule has 308 valence electrons. The van der Waals surface area contributed by atoms with Crippen LogP contribution in [0.1, 0.15) is 181 Å². The van der Waals surface area contributed by atoms with Crippen molar-refractivity contribution in [1.29, 1.82) is 0 Å². The maximum atomic E-state index is 12.7. The Kier molecular flexibility index (Phi) is 34.8. The average molecular weight is 749 g/mol. The highest BCUT2D eigenvalue weighted by molar-refractivity contribution is 5.72. The van der Waals surface area contributed by atoms with Crippen molar-refractivity contribution in [2.24, 2.45) is 0 Å². The fraction of sp³-hybridized carbons (Fsp3) is 0.800. The molecule has 0 rings (SSSR count). The van der Waals surface area contributed by atoms with E-state index in [9.17, 15) is 19.5 Å². The van der Waals surface area contributed by atoms with E-state index in [-0.39, 0.29) is 36.2 Å². The largest absolute Gasteiger partial charge is 0.477 e. The van der Waals surface area contributed by atoms with Crippen LogP contribution in [0.4, 0.5) is 0 Å². The zero-order valence-corrected chi connectivity index (χ0v) is 35.0. The number of likely N-dealkylation sites (N-methyl/N-ethyl adjacent to an activating group) is 1. The first kappa shape index (κ1) is 50.5. The molecule has 1 N–H and O–H groups in total. The number of aliphatic carboxylic acids is 1. The Morgan fingerprint density at radius 2 is 1.06 bits per heavy atom. The average Bonchev–Trinajstić information content (AvgIpc) is 3.11. The number of unbranched alkanes of at least 4 members (excludes halogenated alkanes) is 18. The third-order valence-electron chi connectivity index (χ3n) is 9.55. The Balaban J connectivity index is 4.36. The number of nitrogens with zero attached hydrogens (tertiary/aromatic N) is 1. The summed E-state index contributed by atoms with van der Waals surface area (Å²) < 4.78 is 17.3. The molecule has 8 nitrogen and oxygen atoms in total. The number of quaternary nitrogens is 1. The number of allylic oxidation sites excluding steroid dienone is 6. The number of carboxylic acids is 1. The van der Waals surface area contributed by atoms with Gasteiger partial charge >= 0.3 is 17.9 Å². The summed E-state index contributed by atoms with van der Waals surface area (Å²) in [7, 11) is 5.52. The smallest absolute Gasteiger partial charge is 0.362 e. The Hall–Kier alpha value is -2.45. The molecule has 0 radical (unpaired) electrons. The molecule has 0 heterocycles. The van der Waals surface area contributed by atoms with Crippen LogP contribution in [0.2, 0.25) is 0 Å². The van der Waals surface area contributed by atoms with Crippen LogP contribution >= 0.6 is 0 Å². The molecule has 0 amide bonds. The van der Waals surface area contributed by atoms with Gasteiger partial charge in [-0.15, -0.1) is 0 Å². The predicted octanol–water partition coefficient (Wildman–Crippen LogP) is 11.5. The van der Waals surface area contributed by atoms with Gasteiger partial charge in [-0.05, 0) is 44.9 Å². The van der Waals surface area contributed by atoms with Gasteiger partial charge in [0.1, 0.15) is 6.61 Å². The second-order valence-electron chi connectivity index (χ2n) is 15.6. The van der Waals surface area contributed by atoms with Gasteiger partial charge in [-0.2, -0.15) is 0 Å². The number of ether oxygens (including phenoxy) is 3. The number of esters is 2. The zero-order chi connectivity index (χ0) is 39.3.